The molecule has 2 aromatic carbocycles. The first-order valence-electron chi connectivity index (χ1n) is 9.17. The molecule has 0 radical (unpaired) electrons. The van der Waals surface area contributed by atoms with Crippen molar-refractivity contribution in [2.75, 3.05) is 27.5 Å². The van der Waals surface area contributed by atoms with Gasteiger partial charge < -0.3 is 19.3 Å². The maximum Gasteiger partial charge on any atom is 0.525 e. The summed E-state index contributed by atoms with van der Waals surface area (Å²) in [5, 5.41) is 3.26. The van der Waals surface area contributed by atoms with Crippen molar-refractivity contribution in [1.82, 2.24) is 5.32 Å². The van der Waals surface area contributed by atoms with E-state index >= 15 is 0 Å². The lowest BCUT2D eigenvalue weighted by atomic mass is 9.95. The van der Waals surface area contributed by atoms with Crippen molar-refractivity contribution in [1.29, 1.82) is 0 Å². The lowest BCUT2D eigenvalue weighted by Crippen LogP contribution is -2.17. The molecule has 1 aliphatic rings. The second-order valence-electron chi connectivity index (χ2n) is 6.72. The largest absolute Gasteiger partial charge is 0.525 e. The van der Waals surface area contributed by atoms with Gasteiger partial charge in [0.2, 0.25) is 5.75 Å². The van der Waals surface area contributed by atoms with E-state index in [1.54, 1.807) is 18.2 Å². The average molecular weight is 453 g/mol. The molecule has 162 valence electrons. The van der Waals surface area contributed by atoms with Crippen molar-refractivity contribution in [2.45, 2.75) is 23.8 Å². The molecular weight excluding hydrogens is 429 g/mol. The molecule has 1 atom stereocenters. The van der Waals surface area contributed by atoms with E-state index in [-0.39, 0.29) is 28.7 Å². The highest BCUT2D eigenvalue weighted by Crippen LogP contribution is 2.54. The summed E-state index contributed by atoms with van der Waals surface area (Å²) < 4.78 is 27.5. The number of rotatable bonds is 6. The van der Waals surface area contributed by atoms with Crippen molar-refractivity contribution >= 4 is 19.6 Å². The summed E-state index contributed by atoms with van der Waals surface area (Å²) in [6.45, 7) is 0. The molecular formula is C20H24NO7PS. The van der Waals surface area contributed by atoms with Crippen molar-refractivity contribution in [2.24, 2.45) is 0 Å². The fourth-order valence-corrected chi connectivity index (χ4v) is 4.65. The standard InChI is InChI=1S/C20H24NO7PS/c1-21-14-7-5-11-9-16(26-2)19(28-29(23,24)25)20(27-3)18(11)12-6-8-17(30-4)15(22)10-13(12)14/h6,8-10,14,21H,5,7H2,1-4H3,(H2,23,24,25)/t14-/m0/s1. The number of nitrogens with one attached hydrogen (secondary N) is 1. The number of hydrogen-bond donors (Lipinski definition) is 3. The van der Waals surface area contributed by atoms with Gasteiger partial charge in [-0.25, -0.2) is 4.57 Å². The topological polar surface area (TPSA) is 114 Å². The molecule has 8 nitrogen and oxygen atoms in total. The van der Waals surface area contributed by atoms with Gasteiger partial charge in [0.25, 0.3) is 0 Å². The van der Waals surface area contributed by atoms with Gasteiger partial charge in [0.1, 0.15) is 0 Å². The smallest absolute Gasteiger partial charge is 0.493 e. The van der Waals surface area contributed by atoms with Crippen molar-refractivity contribution in [3.05, 3.63) is 45.6 Å². The Morgan fingerprint density at radius 2 is 1.90 bits per heavy atom. The number of ether oxygens (including phenoxy) is 2. The molecule has 0 amide bonds. The molecule has 0 fully saturated rings. The van der Waals surface area contributed by atoms with Crippen LogP contribution in [-0.2, 0) is 11.0 Å². The normalized spacial score (nSPS) is 15.6. The van der Waals surface area contributed by atoms with Crippen LogP contribution in [0.15, 0.2) is 34.0 Å². The second-order valence-corrected chi connectivity index (χ2v) is 8.73. The number of phosphoric ester groups is 1. The fraction of sp³-hybridized carbons (Fsp3) is 0.350. The molecule has 0 heterocycles. The first-order chi connectivity index (χ1) is 14.2. The first kappa shape index (κ1) is 22.7. The maximum absolute atomic E-state index is 12.7. The summed E-state index contributed by atoms with van der Waals surface area (Å²) in [6, 6.07) is 6.81. The zero-order chi connectivity index (χ0) is 22.1. The zero-order valence-corrected chi connectivity index (χ0v) is 18.8. The SMILES string of the molecule is CN[C@H]1CCc2cc(OC)c(OP(=O)(O)O)c(OC)c2-c2ccc(SC)c(=O)cc21. The van der Waals surface area contributed by atoms with Crippen molar-refractivity contribution < 1.29 is 28.3 Å². The van der Waals surface area contributed by atoms with Gasteiger partial charge in [-0.1, -0.05) is 6.07 Å². The second kappa shape index (κ2) is 8.99. The maximum atomic E-state index is 12.7. The Bertz CT molecular complexity index is 1070. The van der Waals surface area contributed by atoms with Crippen LogP contribution in [0.1, 0.15) is 23.6 Å². The van der Waals surface area contributed by atoms with Gasteiger partial charge in [-0.2, -0.15) is 0 Å². The fourth-order valence-electron chi connectivity index (χ4n) is 3.78. The minimum atomic E-state index is -4.88. The third kappa shape index (κ3) is 4.36. The van der Waals surface area contributed by atoms with E-state index in [1.807, 2.05) is 19.4 Å². The van der Waals surface area contributed by atoms with Gasteiger partial charge in [0, 0.05) is 11.6 Å². The van der Waals surface area contributed by atoms with E-state index < -0.39 is 7.82 Å². The molecule has 3 rings (SSSR count). The number of thioether (sulfide) groups is 1. The van der Waals surface area contributed by atoms with Crippen molar-refractivity contribution in [3.63, 3.8) is 0 Å². The summed E-state index contributed by atoms with van der Waals surface area (Å²) in [4.78, 5) is 32.1. The zero-order valence-electron chi connectivity index (χ0n) is 17.1. The summed E-state index contributed by atoms with van der Waals surface area (Å²) in [6.07, 6.45) is 3.17. The summed E-state index contributed by atoms with van der Waals surface area (Å²) >= 11 is 1.36. The van der Waals surface area contributed by atoms with Crippen LogP contribution in [-0.4, -0.2) is 37.3 Å². The molecule has 10 heteroatoms. The van der Waals surface area contributed by atoms with Crippen LogP contribution in [0.4, 0.5) is 0 Å². The van der Waals surface area contributed by atoms with Crippen LogP contribution >= 0.6 is 19.6 Å². The van der Waals surface area contributed by atoms with E-state index in [2.05, 4.69) is 5.32 Å². The van der Waals surface area contributed by atoms with E-state index in [0.29, 0.717) is 23.3 Å². The average Bonchev–Trinajstić information content (AvgIpc) is 2.94. The number of methoxy groups -OCH3 is 2. The molecule has 0 spiro atoms. The molecule has 0 saturated carbocycles. The molecule has 0 saturated heterocycles. The summed E-state index contributed by atoms with van der Waals surface area (Å²) in [7, 11) is -0.255. The first-order valence-corrected chi connectivity index (χ1v) is 11.9. The minimum Gasteiger partial charge on any atom is -0.493 e. The van der Waals surface area contributed by atoms with Crippen molar-refractivity contribution in [3.8, 4) is 28.4 Å². The highest BCUT2D eigenvalue weighted by atomic mass is 32.2. The summed E-state index contributed by atoms with van der Waals surface area (Å²) in [5.74, 6) is 0.128. The Labute approximate surface area is 178 Å². The predicted molar refractivity (Wildman–Crippen MR) is 116 cm³/mol. The predicted octanol–water partition coefficient (Wildman–Crippen LogP) is 3.13. The van der Waals surface area contributed by atoms with E-state index in [9.17, 15) is 19.1 Å². The highest BCUT2D eigenvalue weighted by Gasteiger charge is 2.31. The van der Waals surface area contributed by atoms with E-state index in [0.717, 1.165) is 16.7 Å². The van der Waals surface area contributed by atoms with Gasteiger partial charge >= 0.3 is 7.82 Å². The monoisotopic (exact) mass is 453 g/mol. The number of aryl methyl sites for hydroxylation is 1. The quantitative estimate of drug-likeness (QED) is 0.448. The molecule has 2 aromatic rings. The Balaban J connectivity index is 2.43. The molecule has 0 aliphatic heterocycles. The lowest BCUT2D eigenvalue weighted by molar-refractivity contribution is 0.269. The molecule has 30 heavy (non-hydrogen) atoms. The lowest BCUT2D eigenvalue weighted by Gasteiger charge is -2.20. The van der Waals surface area contributed by atoms with Gasteiger partial charge in [-0.3, -0.25) is 14.6 Å². The summed E-state index contributed by atoms with van der Waals surface area (Å²) in [5.41, 5.74) is 2.91. The third-order valence-electron chi connectivity index (χ3n) is 5.08. The Kier molecular flexibility index (Phi) is 6.79. The van der Waals surface area contributed by atoms with Gasteiger partial charge in [0.15, 0.2) is 16.9 Å². The van der Waals surface area contributed by atoms with Gasteiger partial charge in [-0.15, -0.1) is 11.8 Å². The number of fused-ring (bicyclic) bond motifs is 3. The Morgan fingerprint density at radius 3 is 2.47 bits per heavy atom. The van der Waals surface area contributed by atoms with Crippen LogP contribution in [0.2, 0.25) is 0 Å². The molecule has 0 aromatic heterocycles. The van der Waals surface area contributed by atoms with Crippen LogP contribution < -0.4 is 24.7 Å². The van der Waals surface area contributed by atoms with Crippen LogP contribution in [0, 0.1) is 0 Å². The number of benzene rings is 1. The van der Waals surface area contributed by atoms with Gasteiger partial charge in [-0.05, 0) is 61.0 Å². The molecule has 3 N–H and O–H groups in total. The molecule has 0 unspecified atom stereocenters. The van der Waals surface area contributed by atoms with E-state index in [1.165, 1.54) is 26.0 Å². The molecule has 0 bridgehead atoms. The van der Waals surface area contributed by atoms with Crippen LogP contribution in [0.3, 0.4) is 0 Å². The Hall–Kier alpha value is -2.03. The van der Waals surface area contributed by atoms with Crippen LogP contribution in [0.5, 0.6) is 17.2 Å². The molecule has 1 aliphatic carbocycles. The number of phosphoric acid groups is 1. The minimum absolute atomic E-state index is 0.0911. The Morgan fingerprint density at radius 1 is 1.17 bits per heavy atom. The highest BCUT2D eigenvalue weighted by molar-refractivity contribution is 7.98. The third-order valence-corrected chi connectivity index (χ3v) is 6.27. The number of hydrogen-bond acceptors (Lipinski definition) is 7. The van der Waals surface area contributed by atoms with Gasteiger partial charge in [0.05, 0.1) is 19.1 Å². The van der Waals surface area contributed by atoms with E-state index in [4.69, 9.17) is 14.0 Å². The van der Waals surface area contributed by atoms with Crippen LogP contribution in [0.25, 0.3) is 11.1 Å².